The molecule has 23 heavy (non-hydrogen) atoms. The summed E-state index contributed by atoms with van der Waals surface area (Å²) in [7, 11) is -3.02. The van der Waals surface area contributed by atoms with Gasteiger partial charge in [-0.2, -0.15) is 0 Å². The van der Waals surface area contributed by atoms with Crippen LogP contribution in [0, 0.1) is 0 Å². The van der Waals surface area contributed by atoms with Crippen molar-refractivity contribution in [1.82, 2.24) is 10.2 Å². The zero-order valence-electron chi connectivity index (χ0n) is 14.6. The number of sulfone groups is 1. The van der Waals surface area contributed by atoms with Crippen LogP contribution in [0.3, 0.4) is 0 Å². The quantitative estimate of drug-likeness (QED) is 0.809. The Hall–Kier alpha value is -1.31. The van der Waals surface area contributed by atoms with Crippen LogP contribution in [-0.4, -0.2) is 61.1 Å². The Balaban J connectivity index is 2.49. The number of nitrogens with one attached hydrogen (secondary N) is 1. The van der Waals surface area contributed by atoms with Gasteiger partial charge in [0.1, 0.15) is 5.60 Å². The van der Waals surface area contributed by atoms with E-state index in [-0.39, 0.29) is 42.5 Å². The fraction of sp³-hybridized carbons (Fsp3) is 0.867. The van der Waals surface area contributed by atoms with Gasteiger partial charge in [0, 0.05) is 25.0 Å². The van der Waals surface area contributed by atoms with Crippen LogP contribution in [0.2, 0.25) is 0 Å². The molecule has 0 aromatic carbocycles. The highest BCUT2D eigenvalue weighted by Crippen LogP contribution is 2.13. The molecule has 1 saturated heterocycles. The van der Waals surface area contributed by atoms with Crippen LogP contribution in [0.15, 0.2) is 0 Å². The van der Waals surface area contributed by atoms with E-state index in [4.69, 9.17) is 4.74 Å². The fourth-order valence-electron chi connectivity index (χ4n) is 2.31. The minimum Gasteiger partial charge on any atom is -0.444 e. The molecule has 0 aliphatic carbocycles. The smallest absolute Gasteiger partial charge is 0.410 e. The van der Waals surface area contributed by atoms with Gasteiger partial charge < -0.3 is 15.0 Å². The number of ether oxygens (including phenoxy) is 1. The van der Waals surface area contributed by atoms with Crippen LogP contribution in [0.5, 0.6) is 0 Å². The molecule has 134 valence electrons. The molecule has 1 unspecified atom stereocenters. The van der Waals surface area contributed by atoms with Crippen molar-refractivity contribution in [3.05, 3.63) is 0 Å². The van der Waals surface area contributed by atoms with Crippen LogP contribution in [-0.2, 0) is 19.4 Å². The summed E-state index contributed by atoms with van der Waals surface area (Å²) in [5, 5.41) is 2.72. The van der Waals surface area contributed by atoms with Crippen molar-refractivity contribution in [3.63, 3.8) is 0 Å². The van der Waals surface area contributed by atoms with Crippen LogP contribution < -0.4 is 5.32 Å². The largest absolute Gasteiger partial charge is 0.444 e. The number of rotatable bonds is 5. The predicted molar refractivity (Wildman–Crippen MR) is 87.9 cm³/mol. The number of carbonyl (C=O) groups excluding carboxylic acids is 2. The lowest BCUT2D eigenvalue weighted by Crippen LogP contribution is -2.43. The summed E-state index contributed by atoms with van der Waals surface area (Å²) in [5.41, 5.74) is -0.593. The van der Waals surface area contributed by atoms with E-state index in [0.717, 1.165) is 0 Å². The second-order valence-corrected chi connectivity index (χ2v) is 9.41. The first-order chi connectivity index (χ1) is 10.4. The topological polar surface area (TPSA) is 92.8 Å². The van der Waals surface area contributed by atoms with Gasteiger partial charge in [0.05, 0.1) is 11.5 Å². The predicted octanol–water partition coefficient (Wildman–Crippen LogP) is 1.33. The lowest BCUT2D eigenvalue weighted by atomic mass is 10.2. The second kappa shape index (κ2) is 7.51. The van der Waals surface area contributed by atoms with Crippen LogP contribution in [0.25, 0.3) is 0 Å². The zero-order valence-corrected chi connectivity index (χ0v) is 15.4. The van der Waals surface area contributed by atoms with Crippen LogP contribution in [0.1, 0.15) is 47.5 Å². The standard InChI is InChI=1S/C15H28N2O5S/c1-11(2)17(14(19)22-15(3,4)5)8-6-13(18)16-12-7-9-23(20,21)10-12/h11-12H,6-10H2,1-5H3,(H,16,18). The maximum absolute atomic E-state index is 12.1. The third-order valence-corrected chi connectivity index (χ3v) is 5.20. The van der Waals surface area contributed by atoms with Gasteiger partial charge in [-0.25, -0.2) is 13.2 Å². The molecule has 0 radical (unpaired) electrons. The first-order valence-corrected chi connectivity index (χ1v) is 9.71. The number of nitrogens with zero attached hydrogens (tertiary/aromatic N) is 1. The number of amides is 2. The molecule has 2 amide bonds. The molecule has 1 heterocycles. The lowest BCUT2D eigenvalue weighted by Gasteiger charge is -2.30. The van der Waals surface area contributed by atoms with E-state index in [9.17, 15) is 18.0 Å². The fourth-order valence-corrected chi connectivity index (χ4v) is 3.98. The first-order valence-electron chi connectivity index (χ1n) is 7.89. The monoisotopic (exact) mass is 348 g/mol. The van der Waals surface area contributed by atoms with E-state index in [2.05, 4.69) is 5.32 Å². The van der Waals surface area contributed by atoms with Crippen molar-refractivity contribution in [3.8, 4) is 0 Å². The minimum atomic E-state index is -3.02. The normalized spacial score (nSPS) is 20.3. The second-order valence-electron chi connectivity index (χ2n) is 7.18. The average Bonchev–Trinajstić information content (AvgIpc) is 2.65. The molecule has 0 spiro atoms. The Bertz CT molecular complexity index is 537. The minimum absolute atomic E-state index is 0.00129. The first kappa shape index (κ1) is 19.7. The van der Waals surface area contributed by atoms with Crippen LogP contribution >= 0.6 is 0 Å². The Morgan fingerprint density at radius 2 is 1.91 bits per heavy atom. The molecule has 1 aliphatic heterocycles. The summed E-state index contributed by atoms with van der Waals surface area (Å²) in [6.07, 6.45) is 0.117. The van der Waals surface area contributed by atoms with Gasteiger partial charge in [-0.3, -0.25) is 4.79 Å². The molecule has 1 rings (SSSR count). The molecule has 8 heteroatoms. The van der Waals surface area contributed by atoms with Gasteiger partial charge in [0.15, 0.2) is 9.84 Å². The third kappa shape index (κ3) is 7.20. The third-order valence-electron chi connectivity index (χ3n) is 3.43. The van der Waals surface area contributed by atoms with Crippen LogP contribution in [0.4, 0.5) is 4.79 Å². The Labute approximate surface area is 138 Å². The molecule has 1 aliphatic rings. The van der Waals surface area contributed by atoms with E-state index in [1.54, 1.807) is 20.8 Å². The highest BCUT2D eigenvalue weighted by Gasteiger charge is 2.29. The average molecular weight is 348 g/mol. The molecule has 0 bridgehead atoms. The Morgan fingerprint density at radius 3 is 2.35 bits per heavy atom. The highest BCUT2D eigenvalue weighted by molar-refractivity contribution is 7.91. The molecule has 0 aromatic heterocycles. The maximum atomic E-state index is 12.1. The van der Waals surface area contributed by atoms with Gasteiger partial charge in [-0.15, -0.1) is 0 Å². The zero-order chi connectivity index (χ0) is 17.8. The summed E-state index contributed by atoms with van der Waals surface area (Å²) >= 11 is 0. The van der Waals surface area contributed by atoms with Crippen molar-refractivity contribution >= 4 is 21.8 Å². The summed E-state index contributed by atoms with van der Waals surface area (Å²) in [5.74, 6) is -0.131. The van der Waals surface area contributed by atoms with Gasteiger partial charge in [0.2, 0.25) is 5.91 Å². The molecule has 1 atom stereocenters. The van der Waals surface area contributed by atoms with Crippen molar-refractivity contribution in [2.24, 2.45) is 0 Å². The molecule has 7 nitrogen and oxygen atoms in total. The van der Waals surface area contributed by atoms with Gasteiger partial charge in [-0.1, -0.05) is 0 Å². The lowest BCUT2D eigenvalue weighted by molar-refractivity contribution is -0.121. The summed E-state index contributed by atoms with van der Waals surface area (Å²) < 4.78 is 28.1. The molecule has 1 N–H and O–H groups in total. The van der Waals surface area contributed by atoms with Gasteiger partial charge in [-0.05, 0) is 41.0 Å². The van der Waals surface area contributed by atoms with Gasteiger partial charge >= 0.3 is 6.09 Å². The number of carbonyl (C=O) groups is 2. The van der Waals surface area contributed by atoms with E-state index >= 15 is 0 Å². The molecule has 0 saturated carbocycles. The number of hydrogen-bond acceptors (Lipinski definition) is 5. The molecule has 1 fully saturated rings. The van der Waals surface area contributed by atoms with E-state index < -0.39 is 21.5 Å². The summed E-state index contributed by atoms with van der Waals surface area (Å²) in [6.45, 7) is 9.30. The Kier molecular flexibility index (Phi) is 6.44. The molecule has 0 aromatic rings. The Morgan fingerprint density at radius 1 is 1.30 bits per heavy atom. The summed E-state index contributed by atoms with van der Waals surface area (Å²) in [4.78, 5) is 25.6. The summed E-state index contributed by atoms with van der Waals surface area (Å²) in [6, 6.07) is -0.411. The molecular formula is C15H28N2O5S. The van der Waals surface area contributed by atoms with E-state index in [0.29, 0.717) is 6.42 Å². The van der Waals surface area contributed by atoms with Crippen molar-refractivity contribution < 1.29 is 22.7 Å². The van der Waals surface area contributed by atoms with E-state index in [1.165, 1.54) is 4.90 Å². The van der Waals surface area contributed by atoms with Gasteiger partial charge in [0.25, 0.3) is 0 Å². The van der Waals surface area contributed by atoms with E-state index in [1.807, 2.05) is 13.8 Å². The maximum Gasteiger partial charge on any atom is 0.410 e. The van der Waals surface area contributed by atoms with Crippen molar-refractivity contribution in [2.45, 2.75) is 65.1 Å². The molecular weight excluding hydrogens is 320 g/mol. The number of hydrogen-bond donors (Lipinski definition) is 1. The van der Waals surface area contributed by atoms with Crippen molar-refractivity contribution in [2.75, 3.05) is 18.1 Å². The van der Waals surface area contributed by atoms with Crippen molar-refractivity contribution in [1.29, 1.82) is 0 Å². The SMILES string of the molecule is CC(C)N(CCC(=O)NC1CCS(=O)(=O)C1)C(=O)OC(C)(C)C. The highest BCUT2D eigenvalue weighted by atomic mass is 32.2.